The van der Waals surface area contributed by atoms with Gasteiger partial charge in [0.1, 0.15) is 5.03 Å². The Labute approximate surface area is 121 Å². The average Bonchev–Trinajstić information content (AvgIpc) is 2.29. The van der Waals surface area contributed by atoms with E-state index in [0.29, 0.717) is 0 Å². The number of halogens is 4. The molecule has 0 spiro atoms. The number of rotatable bonds is 2. The van der Waals surface area contributed by atoms with E-state index < -0.39 is 14.7 Å². The van der Waals surface area contributed by atoms with E-state index in [9.17, 15) is 4.79 Å². The number of carbonyl (C=O) groups is 1. The third-order valence-corrected chi connectivity index (χ3v) is 5.59. The molecule has 0 saturated heterocycles. The summed E-state index contributed by atoms with van der Waals surface area (Å²) in [5, 5.41) is 4.04. The number of hydrogen-bond donors (Lipinski definition) is 0. The molecule has 0 N–H and O–H groups in total. The van der Waals surface area contributed by atoms with Gasteiger partial charge in [0.05, 0.1) is 15.1 Å². The topological polar surface area (TPSA) is 32.7 Å². The van der Waals surface area contributed by atoms with Crippen LogP contribution in [0.1, 0.15) is 0 Å². The van der Waals surface area contributed by atoms with Gasteiger partial charge in [0, 0.05) is 7.05 Å². The zero-order chi connectivity index (χ0) is 13.3. The van der Waals surface area contributed by atoms with Gasteiger partial charge in [-0.15, -0.1) is 0 Å². The lowest BCUT2D eigenvalue weighted by atomic mass is 10.1. The van der Waals surface area contributed by atoms with Crippen molar-refractivity contribution in [3.05, 3.63) is 20.1 Å². The van der Waals surface area contributed by atoms with E-state index in [1.165, 1.54) is 0 Å². The molecule has 8 heteroatoms. The molecule has 0 atom stereocenters. The molecule has 0 aromatic carbocycles. The maximum atomic E-state index is 11.9. The van der Waals surface area contributed by atoms with Gasteiger partial charge in [0.2, 0.25) is 5.78 Å². The van der Waals surface area contributed by atoms with Crippen molar-refractivity contribution in [1.82, 2.24) is 4.67 Å². The van der Waals surface area contributed by atoms with E-state index in [4.69, 9.17) is 46.4 Å². The molecule has 0 radical (unpaired) electrons. The van der Waals surface area contributed by atoms with Gasteiger partial charge in [0.15, 0.2) is 14.7 Å². The number of hydrazone groups is 1. The quantitative estimate of drug-likeness (QED) is 0.442. The van der Waals surface area contributed by atoms with Crippen LogP contribution in [0, 0.1) is 0 Å². The molecule has 1 aliphatic carbocycles. The molecule has 0 unspecified atom stereocenters. The highest BCUT2D eigenvalue weighted by Gasteiger charge is 2.31. The van der Waals surface area contributed by atoms with Gasteiger partial charge in [-0.2, -0.15) is 5.10 Å². The molecule has 1 rings (SSSR count). The van der Waals surface area contributed by atoms with E-state index in [2.05, 4.69) is 18.2 Å². The highest BCUT2D eigenvalue weighted by Crippen LogP contribution is 2.35. The molecular formula is C9H10Cl4N2OSi. The molecule has 0 aliphatic heterocycles. The lowest BCUT2D eigenvalue weighted by Crippen LogP contribution is -2.30. The van der Waals surface area contributed by atoms with Gasteiger partial charge in [0.25, 0.3) is 0 Å². The van der Waals surface area contributed by atoms with Crippen LogP contribution < -0.4 is 0 Å². The molecule has 0 amide bonds. The number of hydrogen-bond acceptors (Lipinski definition) is 3. The zero-order valence-corrected chi connectivity index (χ0v) is 13.6. The van der Waals surface area contributed by atoms with Gasteiger partial charge in [-0.05, 0) is 0 Å². The smallest absolute Gasteiger partial charge is 0.227 e. The van der Waals surface area contributed by atoms with Gasteiger partial charge >= 0.3 is 0 Å². The van der Waals surface area contributed by atoms with Crippen LogP contribution in [0.5, 0.6) is 0 Å². The Bertz CT molecular complexity index is 456. The van der Waals surface area contributed by atoms with Crippen LogP contribution in [0.25, 0.3) is 0 Å². The summed E-state index contributed by atoms with van der Waals surface area (Å²) in [7, 11) is 0.611. The SMILES string of the molecule is CN(N=C1C(=O)C(Cl)=C(Cl)C(Cl)=C1Cl)[SiH](C)C. The molecule has 0 heterocycles. The first-order chi connectivity index (χ1) is 7.77. The van der Waals surface area contributed by atoms with E-state index in [0.717, 1.165) is 0 Å². The third kappa shape index (κ3) is 3.06. The highest BCUT2D eigenvalue weighted by molar-refractivity contribution is 6.74. The summed E-state index contributed by atoms with van der Waals surface area (Å²) < 4.78 is 1.73. The second kappa shape index (κ2) is 5.76. The molecule has 0 bridgehead atoms. The largest absolute Gasteiger partial charge is 0.330 e. The van der Waals surface area contributed by atoms with Crippen LogP contribution in [0.4, 0.5) is 0 Å². The van der Waals surface area contributed by atoms with Crippen molar-refractivity contribution in [2.45, 2.75) is 13.1 Å². The molecule has 0 saturated carbocycles. The molecule has 17 heavy (non-hydrogen) atoms. The molecule has 3 nitrogen and oxygen atoms in total. The minimum Gasteiger partial charge on any atom is -0.330 e. The van der Waals surface area contributed by atoms with Crippen molar-refractivity contribution >= 4 is 66.9 Å². The predicted octanol–water partition coefficient (Wildman–Crippen LogP) is 3.22. The van der Waals surface area contributed by atoms with Crippen molar-refractivity contribution in [1.29, 1.82) is 0 Å². The summed E-state index contributed by atoms with van der Waals surface area (Å²) in [6.07, 6.45) is 0. The van der Waals surface area contributed by atoms with Crippen molar-refractivity contribution in [2.75, 3.05) is 7.05 Å². The van der Waals surface area contributed by atoms with E-state index in [1.54, 1.807) is 11.7 Å². The van der Waals surface area contributed by atoms with E-state index in [1.807, 2.05) is 0 Å². The number of Topliss-reactive ketones (excluding diaryl/α,β-unsaturated/α-hetero) is 1. The Hall–Kier alpha value is -0.00312. The number of allylic oxidation sites excluding steroid dienone is 4. The lowest BCUT2D eigenvalue weighted by molar-refractivity contribution is -0.109. The monoisotopic (exact) mass is 330 g/mol. The van der Waals surface area contributed by atoms with Crippen LogP contribution in [0.2, 0.25) is 13.1 Å². The Morgan fingerprint density at radius 3 is 1.94 bits per heavy atom. The van der Waals surface area contributed by atoms with Crippen LogP contribution in [-0.4, -0.2) is 32.2 Å². The molecule has 1 aliphatic rings. The summed E-state index contributed by atoms with van der Waals surface area (Å²) in [5.41, 5.74) is 0.0368. The number of nitrogens with zero attached hydrogens (tertiary/aromatic N) is 2. The third-order valence-electron chi connectivity index (χ3n) is 2.21. The maximum absolute atomic E-state index is 11.9. The van der Waals surface area contributed by atoms with E-state index in [-0.39, 0.29) is 25.8 Å². The second-order valence-electron chi connectivity index (χ2n) is 3.70. The van der Waals surface area contributed by atoms with Crippen LogP contribution in [0.3, 0.4) is 0 Å². The molecule has 94 valence electrons. The number of ketones is 1. The normalized spacial score (nSPS) is 19.8. The maximum Gasteiger partial charge on any atom is 0.227 e. The Balaban J connectivity index is 3.26. The fourth-order valence-electron chi connectivity index (χ4n) is 0.962. The molecular weight excluding hydrogens is 322 g/mol. The van der Waals surface area contributed by atoms with Crippen molar-refractivity contribution in [3.63, 3.8) is 0 Å². The molecule has 0 fully saturated rings. The predicted molar refractivity (Wildman–Crippen MR) is 76.5 cm³/mol. The van der Waals surface area contributed by atoms with Gasteiger partial charge < -0.3 is 4.67 Å². The van der Waals surface area contributed by atoms with Crippen LogP contribution in [0.15, 0.2) is 25.2 Å². The number of carbonyl (C=O) groups excluding carboxylic acids is 1. The van der Waals surface area contributed by atoms with Gasteiger partial charge in [-0.25, -0.2) is 0 Å². The molecule has 0 aromatic rings. The summed E-state index contributed by atoms with van der Waals surface area (Å²) >= 11 is 23.3. The summed E-state index contributed by atoms with van der Waals surface area (Å²) in [5.74, 6) is -0.507. The van der Waals surface area contributed by atoms with Crippen molar-refractivity contribution in [2.24, 2.45) is 5.10 Å². The minimum atomic E-state index is -1.17. The first kappa shape index (κ1) is 15.1. The van der Waals surface area contributed by atoms with Gasteiger partial charge in [-0.3, -0.25) is 4.79 Å². The fourth-order valence-corrected chi connectivity index (χ4v) is 2.17. The summed E-state index contributed by atoms with van der Waals surface area (Å²) in [4.78, 5) is 11.9. The first-order valence-corrected chi connectivity index (χ1v) is 9.08. The van der Waals surface area contributed by atoms with Crippen molar-refractivity contribution in [3.8, 4) is 0 Å². The Morgan fingerprint density at radius 2 is 1.47 bits per heavy atom. The highest BCUT2D eigenvalue weighted by atomic mass is 35.5. The van der Waals surface area contributed by atoms with E-state index >= 15 is 0 Å². The zero-order valence-electron chi connectivity index (χ0n) is 9.39. The first-order valence-electron chi connectivity index (χ1n) is 4.74. The standard InChI is InChI=1S/C9H10Cl4N2OSi/c1-15(17(2)3)14-8-6(12)4(10)5(11)7(13)9(8)16/h17H,1-3H3. The molecule has 0 aromatic heterocycles. The Kier molecular flexibility index (Phi) is 5.10. The lowest BCUT2D eigenvalue weighted by Gasteiger charge is -2.20. The van der Waals surface area contributed by atoms with Crippen LogP contribution in [-0.2, 0) is 4.79 Å². The Morgan fingerprint density at radius 1 is 1.00 bits per heavy atom. The average molecular weight is 332 g/mol. The van der Waals surface area contributed by atoms with Crippen molar-refractivity contribution < 1.29 is 4.79 Å². The summed E-state index contributed by atoms with van der Waals surface area (Å²) in [6.45, 7) is 4.11. The minimum absolute atomic E-state index is 0.0348. The fraction of sp³-hybridized carbons (Fsp3) is 0.333. The second-order valence-corrected chi connectivity index (χ2v) is 8.15. The van der Waals surface area contributed by atoms with Gasteiger partial charge in [-0.1, -0.05) is 59.5 Å². The van der Waals surface area contributed by atoms with Crippen LogP contribution >= 0.6 is 46.4 Å². The summed E-state index contributed by atoms with van der Waals surface area (Å²) in [6, 6.07) is 0.